The van der Waals surface area contributed by atoms with Crippen LogP contribution in [0.25, 0.3) is 22.3 Å². The van der Waals surface area contributed by atoms with Gasteiger partial charge in [-0.25, -0.2) is 32.3 Å². The standard InChI is InChI=1S/C20H17F4N3O3/c1-9-13(18(28)29)15-16(27-9)14(25-8-26-15)11-6-10(17(21)22)2-3-12(11)30-7-20(4-5-20)19(23)24/h2-3,6,8,17,19,27H,4-5,7H2,1H3,(H,28,29). The van der Waals surface area contributed by atoms with Crippen molar-refractivity contribution in [3.05, 3.63) is 41.3 Å². The van der Waals surface area contributed by atoms with Gasteiger partial charge >= 0.3 is 5.97 Å². The number of rotatable bonds is 7. The topological polar surface area (TPSA) is 88.1 Å². The van der Waals surface area contributed by atoms with Crippen molar-refractivity contribution < 1.29 is 32.2 Å². The fourth-order valence-electron chi connectivity index (χ4n) is 3.39. The van der Waals surface area contributed by atoms with Crippen molar-refractivity contribution in [3.8, 4) is 17.0 Å². The molecular weight excluding hydrogens is 406 g/mol. The highest BCUT2D eigenvalue weighted by Crippen LogP contribution is 2.51. The molecule has 0 amide bonds. The number of carbonyl (C=O) groups is 1. The molecule has 2 heterocycles. The average molecular weight is 423 g/mol. The summed E-state index contributed by atoms with van der Waals surface area (Å²) in [6.45, 7) is 1.28. The van der Waals surface area contributed by atoms with Crippen molar-refractivity contribution in [2.24, 2.45) is 5.41 Å². The van der Waals surface area contributed by atoms with Gasteiger partial charge in [-0.1, -0.05) is 0 Å². The number of nitrogens with one attached hydrogen (secondary N) is 1. The second kappa shape index (κ2) is 7.26. The number of fused-ring (bicyclic) bond motifs is 1. The van der Waals surface area contributed by atoms with Gasteiger partial charge in [-0.2, -0.15) is 0 Å². The zero-order chi connectivity index (χ0) is 21.6. The summed E-state index contributed by atoms with van der Waals surface area (Å²) < 4.78 is 58.7. The molecule has 3 aromatic rings. The van der Waals surface area contributed by atoms with E-state index in [0.29, 0.717) is 18.5 Å². The Morgan fingerprint density at radius 1 is 1.27 bits per heavy atom. The van der Waals surface area contributed by atoms with E-state index in [2.05, 4.69) is 15.0 Å². The molecule has 30 heavy (non-hydrogen) atoms. The first kappa shape index (κ1) is 20.1. The molecule has 0 spiro atoms. The molecule has 1 saturated carbocycles. The molecule has 0 bridgehead atoms. The smallest absolute Gasteiger partial charge is 0.339 e. The van der Waals surface area contributed by atoms with Crippen LogP contribution in [-0.4, -0.2) is 39.1 Å². The fourth-order valence-corrected chi connectivity index (χ4v) is 3.39. The van der Waals surface area contributed by atoms with Crippen LogP contribution in [0.5, 0.6) is 5.75 Å². The van der Waals surface area contributed by atoms with Gasteiger partial charge in [-0.3, -0.25) is 0 Å². The molecule has 0 radical (unpaired) electrons. The van der Waals surface area contributed by atoms with E-state index in [4.69, 9.17) is 4.74 Å². The highest BCUT2D eigenvalue weighted by atomic mass is 19.3. The van der Waals surface area contributed by atoms with Gasteiger partial charge in [0.2, 0.25) is 6.43 Å². The zero-order valence-corrected chi connectivity index (χ0v) is 15.8. The summed E-state index contributed by atoms with van der Waals surface area (Å²) in [5, 5.41) is 9.44. The molecule has 0 unspecified atom stereocenters. The van der Waals surface area contributed by atoms with Gasteiger partial charge in [0.05, 0.1) is 17.5 Å². The first-order chi connectivity index (χ1) is 14.2. The Morgan fingerprint density at radius 3 is 2.60 bits per heavy atom. The van der Waals surface area contributed by atoms with Crippen LogP contribution in [0, 0.1) is 12.3 Å². The maximum Gasteiger partial charge on any atom is 0.339 e. The number of benzene rings is 1. The van der Waals surface area contributed by atoms with Crippen LogP contribution >= 0.6 is 0 Å². The second-order valence-electron chi connectivity index (χ2n) is 7.38. The van der Waals surface area contributed by atoms with Gasteiger partial charge in [0, 0.05) is 16.8 Å². The Labute approximate surface area is 167 Å². The van der Waals surface area contributed by atoms with Crippen molar-refractivity contribution in [2.75, 3.05) is 6.61 Å². The maximum atomic E-state index is 13.3. The molecule has 1 aromatic carbocycles. The molecule has 0 saturated heterocycles. The summed E-state index contributed by atoms with van der Waals surface area (Å²) in [6, 6.07) is 3.62. The molecule has 2 aromatic heterocycles. The lowest BCUT2D eigenvalue weighted by Gasteiger charge is -2.18. The molecule has 1 aliphatic carbocycles. The van der Waals surface area contributed by atoms with Crippen molar-refractivity contribution in [2.45, 2.75) is 32.6 Å². The molecule has 1 fully saturated rings. The third-order valence-electron chi connectivity index (χ3n) is 5.37. The Bertz CT molecular complexity index is 1130. The van der Waals surface area contributed by atoms with Crippen LogP contribution in [-0.2, 0) is 0 Å². The number of H-pyrrole nitrogens is 1. The quantitative estimate of drug-likeness (QED) is 0.523. The van der Waals surface area contributed by atoms with E-state index in [9.17, 15) is 27.5 Å². The Hall–Kier alpha value is -3.17. The minimum absolute atomic E-state index is 0.0595. The number of ether oxygens (including phenoxy) is 1. The van der Waals surface area contributed by atoms with Crippen LogP contribution in [0.15, 0.2) is 24.5 Å². The number of hydrogen-bond donors (Lipinski definition) is 2. The first-order valence-electron chi connectivity index (χ1n) is 9.13. The third kappa shape index (κ3) is 3.35. The number of hydrogen-bond acceptors (Lipinski definition) is 4. The molecule has 4 rings (SSSR count). The summed E-state index contributed by atoms with van der Waals surface area (Å²) in [6.07, 6.45) is -3.55. The van der Waals surface area contributed by atoms with Crippen LogP contribution in [0.3, 0.4) is 0 Å². The Kier molecular flexibility index (Phi) is 4.87. The highest BCUT2D eigenvalue weighted by molar-refractivity contribution is 6.06. The summed E-state index contributed by atoms with van der Waals surface area (Å²) in [4.78, 5) is 22.6. The molecule has 2 N–H and O–H groups in total. The number of aromatic amines is 1. The van der Waals surface area contributed by atoms with Gasteiger partial charge < -0.3 is 14.8 Å². The SMILES string of the molecule is Cc1[nH]c2c(-c3cc(C(F)F)ccc3OCC3(C(F)F)CC3)ncnc2c1C(=O)O. The molecule has 0 atom stereocenters. The largest absolute Gasteiger partial charge is 0.492 e. The van der Waals surface area contributed by atoms with Crippen molar-refractivity contribution in [3.63, 3.8) is 0 Å². The number of nitrogens with zero attached hydrogens (tertiary/aromatic N) is 2. The van der Waals surface area contributed by atoms with Crippen LogP contribution in [0.2, 0.25) is 0 Å². The number of halogens is 4. The van der Waals surface area contributed by atoms with E-state index in [1.54, 1.807) is 6.92 Å². The number of aromatic nitrogens is 3. The van der Waals surface area contributed by atoms with Gasteiger partial charge in [0.1, 0.15) is 28.9 Å². The number of aromatic carboxylic acids is 1. The van der Waals surface area contributed by atoms with Crippen molar-refractivity contribution in [1.82, 2.24) is 15.0 Å². The highest BCUT2D eigenvalue weighted by Gasteiger charge is 2.52. The fraction of sp³-hybridized carbons (Fsp3) is 0.350. The van der Waals surface area contributed by atoms with Gasteiger partial charge in [0.25, 0.3) is 6.43 Å². The average Bonchev–Trinajstić information content (AvgIpc) is 3.41. The van der Waals surface area contributed by atoms with E-state index in [1.807, 2.05) is 0 Å². The predicted octanol–water partition coefficient (Wildman–Crippen LogP) is 4.99. The van der Waals surface area contributed by atoms with Crippen LogP contribution in [0.4, 0.5) is 17.6 Å². The number of carboxylic acids is 1. The van der Waals surface area contributed by atoms with E-state index in [0.717, 1.165) is 12.4 Å². The number of alkyl halides is 4. The molecule has 6 nitrogen and oxygen atoms in total. The first-order valence-corrected chi connectivity index (χ1v) is 9.13. The molecular formula is C20H17F4N3O3. The van der Waals surface area contributed by atoms with Crippen molar-refractivity contribution >= 4 is 17.0 Å². The molecule has 158 valence electrons. The normalized spacial score (nSPS) is 15.2. The van der Waals surface area contributed by atoms with E-state index < -0.39 is 24.2 Å². The lowest BCUT2D eigenvalue weighted by atomic mass is 10.0. The van der Waals surface area contributed by atoms with Crippen LogP contribution in [0.1, 0.15) is 40.9 Å². The molecule has 10 heteroatoms. The maximum absolute atomic E-state index is 13.3. The minimum Gasteiger partial charge on any atom is -0.492 e. The van der Waals surface area contributed by atoms with Gasteiger partial charge in [-0.15, -0.1) is 0 Å². The monoisotopic (exact) mass is 423 g/mol. The van der Waals surface area contributed by atoms with E-state index in [1.165, 1.54) is 12.1 Å². The lowest BCUT2D eigenvalue weighted by molar-refractivity contribution is 0.0317. The summed E-state index contributed by atoms with van der Waals surface area (Å²) >= 11 is 0. The van der Waals surface area contributed by atoms with Gasteiger partial charge in [0.15, 0.2) is 0 Å². The van der Waals surface area contributed by atoms with Crippen LogP contribution < -0.4 is 4.74 Å². The second-order valence-corrected chi connectivity index (χ2v) is 7.38. The minimum atomic E-state index is -2.77. The predicted molar refractivity (Wildman–Crippen MR) is 99.1 cm³/mol. The summed E-state index contributed by atoms with van der Waals surface area (Å²) in [5.74, 6) is -1.09. The molecule has 1 aliphatic rings. The number of aryl methyl sites for hydroxylation is 1. The summed E-state index contributed by atoms with van der Waals surface area (Å²) in [5.41, 5.74) is -0.626. The van der Waals surface area contributed by atoms with Crippen molar-refractivity contribution in [1.29, 1.82) is 0 Å². The van der Waals surface area contributed by atoms with Gasteiger partial charge in [-0.05, 0) is 38.0 Å². The zero-order valence-electron chi connectivity index (χ0n) is 15.8. The third-order valence-corrected chi connectivity index (χ3v) is 5.37. The van der Waals surface area contributed by atoms with E-state index >= 15 is 0 Å². The lowest BCUT2D eigenvalue weighted by Crippen LogP contribution is -2.21. The molecule has 0 aliphatic heterocycles. The van der Waals surface area contributed by atoms with E-state index in [-0.39, 0.29) is 45.8 Å². The number of carboxylic acid groups (broad SMARTS) is 1. The Morgan fingerprint density at radius 2 is 2.00 bits per heavy atom. The Balaban J connectivity index is 1.84. The summed E-state index contributed by atoms with van der Waals surface area (Å²) in [7, 11) is 0.